The molecule has 1 saturated heterocycles. The number of esters is 1. The number of carbonyl (C=O) groups is 1. The smallest absolute Gasteiger partial charge is 0.323 e. The van der Waals surface area contributed by atoms with E-state index in [0.717, 1.165) is 25.2 Å². The van der Waals surface area contributed by atoms with E-state index in [2.05, 4.69) is 13.8 Å². The molecular formula is C14H27NO2. The molecule has 0 aromatic heterocycles. The van der Waals surface area contributed by atoms with Crippen molar-refractivity contribution in [2.45, 2.75) is 71.4 Å². The standard InChI is InChI=1S/C14H27NO2/c1-10(2)7-8-12-5-4-6-13(15)14(16)17-11(3)9-12/h10-13H,4-9,15H2,1-3H3/t11-,12+,13-/m0/s1. The van der Waals surface area contributed by atoms with Crippen LogP contribution in [-0.4, -0.2) is 18.1 Å². The normalized spacial score (nSPS) is 31.6. The van der Waals surface area contributed by atoms with Crippen LogP contribution in [0.15, 0.2) is 0 Å². The van der Waals surface area contributed by atoms with E-state index >= 15 is 0 Å². The summed E-state index contributed by atoms with van der Waals surface area (Å²) < 4.78 is 5.36. The van der Waals surface area contributed by atoms with E-state index in [-0.39, 0.29) is 12.1 Å². The van der Waals surface area contributed by atoms with E-state index in [4.69, 9.17) is 10.5 Å². The maximum absolute atomic E-state index is 11.6. The van der Waals surface area contributed by atoms with E-state index in [1.165, 1.54) is 19.3 Å². The summed E-state index contributed by atoms with van der Waals surface area (Å²) >= 11 is 0. The van der Waals surface area contributed by atoms with Gasteiger partial charge in [-0.1, -0.05) is 39.5 Å². The van der Waals surface area contributed by atoms with Crippen LogP contribution in [0, 0.1) is 11.8 Å². The van der Waals surface area contributed by atoms with Crippen LogP contribution in [0.25, 0.3) is 0 Å². The lowest BCUT2D eigenvalue weighted by Crippen LogP contribution is -2.33. The average Bonchev–Trinajstić information content (AvgIpc) is 2.29. The second kappa shape index (κ2) is 7.00. The lowest BCUT2D eigenvalue weighted by atomic mass is 9.89. The quantitative estimate of drug-likeness (QED) is 0.773. The van der Waals surface area contributed by atoms with Gasteiger partial charge in [0.15, 0.2) is 0 Å². The zero-order valence-corrected chi connectivity index (χ0v) is 11.4. The zero-order chi connectivity index (χ0) is 12.8. The number of cyclic esters (lactones) is 1. The Bertz CT molecular complexity index is 240. The van der Waals surface area contributed by atoms with Crippen molar-refractivity contribution in [1.82, 2.24) is 0 Å². The summed E-state index contributed by atoms with van der Waals surface area (Å²) in [6.07, 6.45) is 6.51. The first kappa shape index (κ1) is 14.5. The van der Waals surface area contributed by atoms with Gasteiger partial charge in [-0.3, -0.25) is 4.79 Å². The molecule has 3 nitrogen and oxygen atoms in total. The van der Waals surface area contributed by atoms with Crippen LogP contribution >= 0.6 is 0 Å². The molecule has 1 heterocycles. The lowest BCUT2D eigenvalue weighted by Gasteiger charge is -2.20. The third-order valence-electron chi connectivity index (χ3n) is 3.57. The Morgan fingerprint density at radius 1 is 1.41 bits per heavy atom. The average molecular weight is 241 g/mol. The van der Waals surface area contributed by atoms with Crippen LogP contribution < -0.4 is 5.73 Å². The number of ether oxygens (including phenoxy) is 1. The molecule has 2 N–H and O–H groups in total. The van der Waals surface area contributed by atoms with Crippen LogP contribution in [0.4, 0.5) is 0 Å². The monoisotopic (exact) mass is 241 g/mol. The first-order valence-electron chi connectivity index (χ1n) is 6.95. The van der Waals surface area contributed by atoms with Crippen LogP contribution in [0.3, 0.4) is 0 Å². The minimum Gasteiger partial charge on any atom is -0.462 e. The summed E-state index contributed by atoms with van der Waals surface area (Å²) in [4.78, 5) is 11.6. The first-order chi connectivity index (χ1) is 7.99. The molecule has 0 bridgehead atoms. The fourth-order valence-corrected chi connectivity index (χ4v) is 2.50. The summed E-state index contributed by atoms with van der Waals surface area (Å²) in [6.45, 7) is 6.50. The SMILES string of the molecule is CC(C)CC[C@H]1CCC[C@H](N)C(=O)O[C@@H](C)C1. The van der Waals surface area contributed by atoms with Crippen LogP contribution in [0.1, 0.15) is 59.3 Å². The van der Waals surface area contributed by atoms with Crippen LogP contribution in [0.2, 0.25) is 0 Å². The van der Waals surface area contributed by atoms with Gasteiger partial charge in [0.25, 0.3) is 0 Å². The van der Waals surface area contributed by atoms with Crippen LogP contribution in [0.5, 0.6) is 0 Å². The highest BCUT2D eigenvalue weighted by molar-refractivity contribution is 5.75. The van der Waals surface area contributed by atoms with Gasteiger partial charge >= 0.3 is 5.97 Å². The Morgan fingerprint density at radius 3 is 2.76 bits per heavy atom. The fraction of sp³-hybridized carbons (Fsp3) is 0.929. The lowest BCUT2D eigenvalue weighted by molar-refractivity contribution is -0.150. The highest BCUT2D eigenvalue weighted by Gasteiger charge is 2.23. The van der Waals surface area contributed by atoms with Crippen molar-refractivity contribution in [3.63, 3.8) is 0 Å². The van der Waals surface area contributed by atoms with Gasteiger partial charge in [-0.2, -0.15) is 0 Å². The minimum absolute atomic E-state index is 0.0174. The largest absolute Gasteiger partial charge is 0.462 e. The number of carbonyl (C=O) groups excluding carboxylic acids is 1. The molecule has 1 aliphatic heterocycles. The number of hydrogen-bond acceptors (Lipinski definition) is 3. The van der Waals surface area contributed by atoms with Crippen molar-refractivity contribution < 1.29 is 9.53 Å². The summed E-state index contributed by atoms with van der Waals surface area (Å²) in [7, 11) is 0. The molecule has 0 amide bonds. The first-order valence-corrected chi connectivity index (χ1v) is 6.95. The molecule has 0 spiro atoms. The molecule has 17 heavy (non-hydrogen) atoms. The molecule has 0 unspecified atom stereocenters. The van der Waals surface area contributed by atoms with Gasteiger partial charge in [0, 0.05) is 0 Å². The van der Waals surface area contributed by atoms with Crippen molar-refractivity contribution in [2.24, 2.45) is 17.6 Å². The van der Waals surface area contributed by atoms with Crippen molar-refractivity contribution >= 4 is 5.97 Å². The van der Waals surface area contributed by atoms with E-state index < -0.39 is 6.04 Å². The third-order valence-corrected chi connectivity index (χ3v) is 3.57. The van der Waals surface area contributed by atoms with Crippen molar-refractivity contribution in [1.29, 1.82) is 0 Å². The molecule has 0 saturated carbocycles. The minimum atomic E-state index is -0.415. The highest BCUT2D eigenvalue weighted by atomic mass is 16.5. The molecule has 1 aliphatic rings. The molecule has 0 aromatic rings. The Kier molecular flexibility index (Phi) is 5.96. The summed E-state index contributed by atoms with van der Waals surface area (Å²) in [6, 6.07) is -0.415. The molecule has 0 aliphatic carbocycles. The van der Waals surface area contributed by atoms with E-state index in [9.17, 15) is 4.79 Å². The topological polar surface area (TPSA) is 52.3 Å². The van der Waals surface area contributed by atoms with Gasteiger partial charge < -0.3 is 10.5 Å². The number of rotatable bonds is 3. The summed E-state index contributed by atoms with van der Waals surface area (Å²) in [5.74, 6) is 1.22. The predicted octanol–water partition coefficient (Wildman–Crippen LogP) is 2.87. The second-order valence-electron chi connectivity index (χ2n) is 5.86. The highest BCUT2D eigenvalue weighted by Crippen LogP contribution is 2.25. The summed E-state index contributed by atoms with van der Waals surface area (Å²) in [5.41, 5.74) is 5.77. The Labute approximate surface area is 105 Å². The van der Waals surface area contributed by atoms with E-state index in [0.29, 0.717) is 5.92 Å². The van der Waals surface area contributed by atoms with Gasteiger partial charge in [0.05, 0.1) is 6.10 Å². The van der Waals surface area contributed by atoms with Crippen molar-refractivity contribution in [3.05, 3.63) is 0 Å². The molecular weight excluding hydrogens is 214 g/mol. The van der Waals surface area contributed by atoms with Gasteiger partial charge in [-0.15, -0.1) is 0 Å². The molecule has 0 radical (unpaired) electrons. The molecule has 3 atom stereocenters. The van der Waals surface area contributed by atoms with Gasteiger partial charge in [-0.05, 0) is 31.6 Å². The Morgan fingerprint density at radius 2 is 2.12 bits per heavy atom. The molecule has 1 fully saturated rings. The zero-order valence-electron chi connectivity index (χ0n) is 11.4. The number of nitrogens with two attached hydrogens (primary N) is 1. The van der Waals surface area contributed by atoms with Crippen molar-refractivity contribution in [3.8, 4) is 0 Å². The Hall–Kier alpha value is -0.570. The van der Waals surface area contributed by atoms with Gasteiger partial charge in [-0.25, -0.2) is 0 Å². The maximum atomic E-state index is 11.6. The molecule has 3 heteroatoms. The Balaban J connectivity index is 2.48. The van der Waals surface area contributed by atoms with Gasteiger partial charge in [0.2, 0.25) is 0 Å². The predicted molar refractivity (Wildman–Crippen MR) is 69.6 cm³/mol. The maximum Gasteiger partial charge on any atom is 0.323 e. The summed E-state index contributed by atoms with van der Waals surface area (Å²) in [5, 5.41) is 0. The third kappa shape index (κ3) is 5.53. The second-order valence-corrected chi connectivity index (χ2v) is 5.86. The fourth-order valence-electron chi connectivity index (χ4n) is 2.50. The van der Waals surface area contributed by atoms with Crippen molar-refractivity contribution in [2.75, 3.05) is 0 Å². The van der Waals surface area contributed by atoms with E-state index in [1.54, 1.807) is 0 Å². The molecule has 1 rings (SSSR count). The number of hydrogen-bond donors (Lipinski definition) is 1. The van der Waals surface area contributed by atoms with E-state index in [1.807, 2.05) is 6.92 Å². The van der Waals surface area contributed by atoms with Crippen LogP contribution in [-0.2, 0) is 9.53 Å². The van der Waals surface area contributed by atoms with Gasteiger partial charge in [0.1, 0.15) is 6.04 Å². The molecule has 100 valence electrons. The molecule has 0 aromatic carbocycles.